The second-order valence-corrected chi connectivity index (χ2v) is 7.92. The van der Waals surface area contributed by atoms with Crippen LogP contribution in [0, 0.1) is 0 Å². The summed E-state index contributed by atoms with van der Waals surface area (Å²) in [5.41, 5.74) is 0. The van der Waals surface area contributed by atoms with E-state index < -0.39 is 11.8 Å². The summed E-state index contributed by atoms with van der Waals surface area (Å²) in [6.45, 7) is 0.704. The SMILES string of the molecule is O=C(O)C(=O)c1ccc(SCCOC2CCCCCCC2)s1. The van der Waals surface area contributed by atoms with Gasteiger partial charge < -0.3 is 9.84 Å². The van der Waals surface area contributed by atoms with Crippen molar-refractivity contribution in [1.29, 1.82) is 0 Å². The molecule has 22 heavy (non-hydrogen) atoms. The van der Waals surface area contributed by atoms with E-state index >= 15 is 0 Å². The highest BCUT2D eigenvalue weighted by Gasteiger charge is 2.17. The van der Waals surface area contributed by atoms with Gasteiger partial charge in [-0.25, -0.2) is 4.79 Å². The van der Waals surface area contributed by atoms with Crippen LogP contribution in [0.3, 0.4) is 0 Å². The van der Waals surface area contributed by atoms with Gasteiger partial charge in [-0.2, -0.15) is 0 Å². The second-order valence-electron chi connectivity index (χ2n) is 5.44. The van der Waals surface area contributed by atoms with Gasteiger partial charge in [0, 0.05) is 5.75 Å². The number of Topliss-reactive ketones (excluding diaryl/α,β-unsaturated/α-hetero) is 1. The van der Waals surface area contributed by atoms with Crippen LogP contribution in [0.5, 0.6) is 0 Å². The summed E-state index contributed by atoms with van der Waals surface area (Å²) in [6, 6.07) is 3.39. The number of aliphatic carboxylic acids is 1. The Morgan fingerprint density at radius 2 is 1.86 bits per heavy atom. The fourth-order valence-corrected chi connectivity index (χ4v) is 4.54. The summed E-state index contributed by atoms with van der Waals surface area (Å²) in [6.07, 6.45) is 9.27. The first-order valence-corrected chi connectivity index (χ1v) is 9.59. The first kappa shape index (κ1) is 17.5. The summed E-state index contributed by atoms with van der Waals surface area (Å²) in [7, 11) is 0. The summed E-state index contributed by atoms with van der Waals surface area (Å²) in [5.74, 6) is -1.40. The number of carboxylic acids is 1. The molecular weight excluding hydrogens is 320 g/mol. The van der Waals surface area contributed by atoms with Crippen LogP contribution in [0.15, 0.2) is 16.3 Å². The number of carboxylic acid groups (broad SMARTS) is 1. The Bertz CT molecular complexity index is 490. The molecule has 0 aliphatic heterocycles. The molecule has 0 unspecified atom stereocenters. The van der Waals surface area contributed by atoms with Crippen LogP contribution in [-0.2, 0) is 9.53 Å². The van der Waals surface area contributed by atoms with Crippen molar-refractivity contribution in [3.05, 3.63) is 17.0 Å². The second kappa shape index (κ2) is 9.33. The van der Waals surface area contributed by atoms with Gasteiger partial charge in [0.2, 0.25) is 0 Å². The zero-order valence-electron chi connectivity index (χ0n) is 12.6. The van der Waals surface area contributed by atoms with E-state index in [1.54, 1.807) is 23.9 Å². The molecule has 1 heterocycles. The molecule has 1 N–H and O–H groups in total. The Morgan fingerprint density at radius 3 is 2.55 bits per heavy atom. The largest absolute Gasteiger partial charge is 0.475 e. The van der Waals surface area contributed by atoms with E-state index in [0.717, 1.165) is 9.96 Å². The van der Waals surface area contributed by atoms with Crippen LogP contribution in [0.2, 0.25) is 0 Å². The van der Waals surface area contributed by atoms with Crippen LogP contribution in [-0.4, -0.2) is 35.3 Å². The number of rotatable bonds is 7. The van der Waals surface area contributed by atoms with Crippen molar-refractivity contribution in [2.24, 2.45) is 0 Å². The molecular formula is C16H22O4S2. The minimum atomic E-state index is -1.40. The predicted octanol–water partition coefficient (Wildman–Crippen LogP) is 4.24. The lowest BCUT2D eigenvalue weighted by Gasteiger charge is -2.20. The van der Waals surface area contributed by atoms with E-state index in [9.17, 15) is 9.59 Å². The molecule has 1 aliphatic rings. The van der Waals surface area contributed by atoms with Crippen molar-refractivity contribution in [2.45, 2.75) is 55.3 Å². The maximum atomic E-state index is 11.3. The highest BCUT2D eigenvalue weighted by molar-refractivity contribution is 8.01. The summed E-state index contributed by atoms with van der Waals surface area (Å²) in [4.78, 5) is 22.2. The number of thiophene rings is 1. The molecule has 0 radical (unpaired) electrons. The summed E-state index contributed by atoms with van der Waals surface area (Å²) < 4.78 is 6.92. The van der Waals surface area contributed by atoms with Crippen LogP contribution >= 0.6 is 23.1 Å². The van der Waals surface area contributed by atoms with Crippen molar-refractivity contribution in [1.82, 2.24) is 0 Å². The Balaban J connectivity index is 1.68. The van der Waals surface area contributed by atoms with Crippen LogP contribution < -0.4 is 0 Å². The minimum absolute atomic E-state index is 0.288. The maximum absolute atomic E-state index is 11.3. The molecule has 4 nitrogen and oxygen atoms in total. The molecule has 6 heteroatoms. The minimum Gasteiger partial charge on any atom is -0.475 e. The van der Waals surface area contributed by atoms with Crippen LogP contribution in [0.4, 0.5) is 0 Å². The monoisotopic (exact) mass is 342 g/mol. The van der Waals surface area contributed by atoms with Gasteiger partial charge in [0.1, 0.15) is 0 Å². The van der Waals surface area contributed by atoms with Crippen LogP contribution in [0.1, 0.15) is 54.6 Å². The molecule has 1 aromatic heterocycles. The van der Waals surface area contributed by atoms with Gasteiger partial charge in [-0.1, -0.05) is 32.1 Å². The lowest BCUT2D eigenvalue weighted by atomic mass is 9.99. The molecule has 122 valence electrons. The van der Waals surface area contributed by atoms with Gasteiger partial charge in [-0.3, -0.25) is 4.79 Å². The van der Waals surface area contributed by atoms with Crippen molar-refractivity contribution in [3.63, 3.8) is 0 Å². The molecule has 1 aliphatic carbocycles. The van der Waals surface area contributed by atoms with E-state index in [2.05, 4.69) is 0 Å². The lowest BCUT2D eigenvalue weighted by Crippen LogP contribution is -2.16. The number of ether oxygens (including phenoxy) is 1. The average molecular weight is 342 g/mol. The highest BCUT2D eigenvalue weighted by atomic mass is 32.2. The first-order valence-electron chi connectivity index (χ1n) is 7.78. The number of ketones is 1. The average Bonchev–Trinajstić information content (AvgIpc) is 2.93. The van der Waals surface area contributed by atoms with E-state index in [1.165, 1.54) is 56.3 Å². The predicted molar refractivity (Wildman–Crippen MR) is 89.1 cm³/mol. The zero-order valence-corrected chi connectivity index (χ0v) is 14.2. The topological polar surface area (TPSA) is 63.6 Å². The molecule has 0 aromatic carbocycles. The molecule has 0 bridgehead atoms. The van der Waals surface area contributed by atoms with E-state index in [4.69, 9.17) is 9.84 Å². The molecule has 0 atom stereocenters. The smallest absolute Gasteiger partial charge is 0.378 e. The van der Waals surface area contributed by atoms with Gasteiger partial charge >= 0.3 is 5.97 Å². The normalized spacial score (nSPS) is 16.9. The molecule has 0 amide bonds. The summed E-state index contributed by atoms with van der Waals surface area (Å²) >= 11 is 2.86. The third kappa shape index (κ3) is 5.74. The van der Waals surface area contributed by atoms with Gasteiger partial charge in [-0.05, 0) is 25.0 Å². The van der Waals surface area contributed by atoms with Crippen molar-refractivity contribution in [3.8, 4) is 0 Å². The maximum Gasteiger partial charge on any atom is 0.378 e. The Morgan fingerprint density at radius 1 is 1.18 bits per heavy atom. The molecule has 0 saturated heterocycles. The number of hydrogen-bond donors (Lipinski definition) is 1. The Kier molecular flexibility index (Phi) is 7.42. The highest BCUT2D eigenvalue weighted by Crippen LogP contribution is 2.28. The van der Waals surface area contributed by atoms with Crippen molar-refractivity contribution < 1.29 is 19.4 Å². The van der Waals surface area contributed by atoms with Crippen molar-refractivity contribution >= 4 is 34.9 Å². The van der Waals surface area contributed by atoms with Gasteiger partial charge in [0.15, 0.2) is 0 Å². The van der Waals surface area contributed by atoms with E-state index in [0.29, 0.717) is 12.7 Å². The number of carbonyl (C=O) groups is 2. The quantitative estimate of drug-likeness (QED) is 0.347. The zero-order chi connectivity index (χ0) is 15.8. The third-order valence-electron chi connectivity index (χ3n) is 3.73. The molecule has 1 saturated carbocycles. The standard InChI is InChI=1S/C16H22O4S2/c17-15(16(18)19)13-8-9-14(22-13)21-11-10-20-12-6-4-2-1-3-5-7-12/h8-9,12H,1-7,10-11H2,(H,18,19). The Hall–Kier alpha value is -0.850. The number of carbonyl (C=O) groups excluding carboxylic acids is 1. The van der Waals surface area contributed by atoms with Crippen LogP contribution in [0.25, 0.3) is 0 Å². The fourth-order valence-electron chi connectivity index (χ4n) is 2.57. The first-order chi connectivity index (χ1) is 10.7. The Labute approximate surface area is 139 Å². The summed E-state index contributed by atoms with van der Waals surface area (Å²) in [5, 5.41) is 8.68. The van der Waals surface area contributed by atoms with E-state index in [-0.39, 0.29) is 4.88 Å². The van der Waals surface area contributed by atoms with Gasteiger partial charge in [0.25, 0.3) is 5.78 Å². The molecule has 1 aromatic rings. The number of thioether (sulfide) groups is 1. The molecule has 1 fully saturated rings. The molecule has 0 spiro atoms. The number of hydrogen-bond acceptors (Lipinski definition) is 5. The third-order valence-corrected chi connectivity index (χ3v) is 6.01. The van der Waals surface area contributed by atoms with Gasteiger partial charge in [0.05, 0.1) is 21.8 Å². The van der Waals surface area contributed by atoms with E-state index in [1.807, 2.05) is 0 Å². The van der Waals surface area contributed by atoms with Crippen molar-refractivity contribution in [2.75, 3.05) is 12.4 Å². The van der Waals surface area contributed by atoms with Gasteiger partial charge in [-0.15, -0.1) is 23.1 Å². The lowest BCUT2D eigenvalue weighted by molar-refractivity contribution is -0.131. The molecule has 2 rings (SSSR count). The fraction of sp³-hybridized carbons (Fsp3) is 0.625.